The van der Waals surface area contributed by atoms with Gasteiger partial charge in [0.15, 0.2) is 11.3 Å². The van der Waals surface area contributed by atoms with E-state index in [0.29, 0.717) is 11.6 Å². The number of nitrogens with zero attached hydrogens (tertiary/aromatic N) is 4. The molecule has 3 heterocycles. The van der Waals surface area contributed by atoms with Crippen molar-refractivity contribution < 1.29 is 4.79 Å². The zero-order valence-electron chi connectivity index (χ0n) is 16.5. The molecule has 1 aliphatic heterocycles. The lowest BCUT2D eigenvalue weighted by atomic mass is 10.00. The fraction of sp³-hybridized carbons (Fsp3) is 0.591. The highest BCUT2D eigenvalue weighted by Crippen LogP contribution is 2.28. The van der Waals surface area contributed by atoms with Gasteiger partial charge in [-0.25, -0.2) is 9.50 Å². The molecule has 0 saturated heterocycles. The van der Waals surface area contributed by atoms with Gasteiger partial charge in [0.05, 0.1) is 0 Å². The second-order valence-corrected chi connectivity index (χ2v) is 8.32. The third kappa shape index (κ3) is 3.92. The Labute approximate surface area is 161 Å². The maximum atomic E-state index is 13.0. The molecule has 0 unspecified atom stereocenters. The van der Waals surface area contributed by atoms with Crippen LogP contribution in [0.25, 0.3) is 5.65 Å². The number of hydrogen-bond acceptors (Lipinski definition) is 3. The summed E-state index contributed by atoms with van der Waals surface area (Å²) in [5.74, 6) is 1.12. The number of carbonyl (C=O) groups is 1. The maximum Gasteiger partial charge on any atom is 0.274 e. The van der Waals surface area contributed by atoms with E-state index in [9.17, 15) is 4.79 Å². The first-order valence-electron chi connectivity index (χ1n) is 10.5. The Balaban J connectivity index is 1.65. The highest BCUT2D eigenvalue weighted by Gasteiger charge is 2.22. The number of rotatable bonds is 4. The van der Waals surface area contributed by atoms with Crippen molar-refractivity contribution in [2.45, 2.75) is 64.7 Å². The van der Waals surface area contributed by atoms with Crippen LogP contribution in [0, 0.1) is 5.92 Å². The molecule has 4 rings (SSSR count). The van der Waals surface area contributed by atoms with E-state index in [0.717, 1.165) is 55.3 Å². The maximum absolute atomic E-state index is 13.0. The van der Waals surface area contributed by atoms with Crippen molar-refractivity contribution in [3.05, 3.63) is 41.4 Å². The van der Waals surface area contributed by atoms with Crippen molar-refractivity contribution in [2.24, 2.45) is 5.92 Å². The molecule has 2 aromatic rings. The Morgan fingerprint density at radius 1 is 1.15 bits per heavy atom. The summed E-state index contributed by atoms with van der Waals surface area (Å²) in [5.41, 5.74) is 3.62. The van der Waals surface area contributed by atoms with Crippen LogP contribution >= 0.6 is 0 Å². The summed E-state index contributed by atoms with van der Waals surface area (Å²) in [5, 5.41) is 4.66. The average molecular weight is 367 g/mol. The average Bonchev–Trinajstić information content (AvgIpc) is 3.23. The van der Waals surface area contributed by atoms with Crippen molar-refractivity contribution in [3.63, 3.8) is 0 Å². The van der Waals surface area contributed by atoms with Crippen LogP contribution in [0.2, 0.25) is 0 Å². The van der Waals surface area contributed by atoms with Crippen LogP contribution in [0.4, 0.5) is 0 Å². The number of amides is 1. The van der Waals surface area contributed by atoms with Gasteiger partial charge in [-0.2, -0.15) is 5.10 Å². The molecule has 2 aliphatic rings. The third-order valence-corrected chi connectivity index (χ3v) is 5.88. The SMILES string of the molecule is CC(C)c1cc(CC2CCCC2)nc2cc(C(=O)N3CCC=CCC3)nn12. The summed E-state index contributed by atoms with van der Waals surface area (Å²) >= 11 is 0. The zero-order chi connectivity index (χ0) is 18.8. The van der Waals surface area contributed by atoms with Gasteiger partial charge < -0.3 is 4.90 Å². The fourth-order valence-corrected chi connectivity index (χ4v) is 4.36. The van der Waals surface area contributed by atoms with Gasteiger partial charge in [-0.3, -0.25) is 4.79 Å². The van der Waals surface area contributed by atoms with Gasteiger partial charge in [0.25, 0.3) is 5.91 Å². The second-order valence-electron chi connectivity index (χ2n) is 8.32. The van der Waals surface area contributed by atoms with Crippen molar-refractivity contribution >= 4 is 11.6 Å². The molecule has 0 atom stereocenters. The normalized spacial score (nSPS) is 18.6. The standard InChI is InChI=1S/C22H30N4O/c1-16(2)20-14-18(13-17-9-5-6-10-17)23-21-15-19(24-26(20)21)22(27)25-11-7-3-4-8-12-25/h3-4,14-17H,5-13H2,1-2H3. The van der Waals surface area contributed by atoms with Gasteiger partial charge in [-0.1, -0.05) is 51.7 Å². The molecule has 1 amide bonds. The first-order valence-corrected chi connectivity index (χ1v) is 10.5. The summed E-state index contributed by atoms with van der Waals surface area (Å²) in [6.07, 6.45) is 12.5. The van der Waals surface area contributed by atoms with E-state index in [2.05, 4.69) is 37.2 Å². The van der Waals surface area contributed by atoms with Gasteiger partial charge in [0.1, 0.15) is 0 Å². The first-order chi connectivity index (χ1) is 13.1. The minimum atomic E-state index is 0.0243. The van der Waals surface area contributed by atoms with E-state index in [1.807, 2.05) is 15.5 Å². The summed E-state index contributed by atoms with van der Waals surface area (Å²) in [4.78, 5) is 19.7. The fourth-order valence-electron chi connectivity index (χ4n) is 4.36. The Bertz CT molecular complexity index is 835. The van der Waals surface area contributed by atoms with Crippen LogP contribution in [0.5, 0.6) is 0 Å². The van der Waals surface area contributed by atoms with Crippen LogP contribution in [-0.2, 0) is 6.42 Å². The molecule has 0 bridgehead atoms. The molecule has 27 heavy (non-hydrogen) atoms. The summed E-state index contributed by atoms with van der Waals surface area (Å²) < 4.78 is 1.88. The van der Waals surface area contributed by atoms with Crippen molar-refractivity contribution in [2.75, 3.05) is 13.1 Å². The van der Waals surface area contributed by atoms with E-state index in [4.69, 9.17) is 4.98 Å². The molecule has 1 fully saturated rings. The van der Waals surface area contributed by atoms with Crippen LogP contribution in [-0.4, -0.2) is 38.5 Å². The molecule has 2 aromatic heterocycles. The Kier molecular flexibility index (Phi) is 5.28. The minimum Gasteiger partial charge on any atom is -0.337 e. The number of fused-ring (bicyclic) bond motifs is 1. The first kappa shape index (κ1) is 18.2. The lowest BCUT2D eigenvalue weighted by Crippen LogP contribution is -2.32. The van der Waals surface area contributed by atoms with E-state index >= 15 is 0 Å². The summed E-state index contributed by atoms with van der Waals surface area (Å²) in [6, 6.07) is 4.08. The number of carbonyl (C=O) groups excluding carboxylic acids is 1. The predicted octanol–water partition coefficient (Wildman–Crippen LogP) is 4.38. The Morgan fingerprint density at radius 2 is 1.85 bits per heavy atom. The number of aromatic nitrogens is 3. The Morgan fingerprint density at radius 3 is 2.52 bits per heavy atom. The van der Waals surface area contributed by atoms with E-state index in [-0.39, 0.29) is 5.91 Å². The lowest BCUT2D eigenvalue weighted by Gasteiger charge is -2.18. The highest BCUT2D eigenvalue weighted by molar-refractivity contribution is 5.93. The van der Waals surface area contributed by atoms with Gasteiger partial charge in [0.2, 0.25) is 0 Å². The monoisotopic (exact) mass is 366 g/mol. The third-order valence-electron chi connectivity index (χ3n) is 5.88. The van der Waals surface area contributed by atoms with Crippen LogP contribution in [0.1, 0.15) is 80.2 Å². The Hall–Kier alpha value is -2.17. The number of hydrogen-bond donors (Lipinski definition) is 0. The largest absolute Gasteiger partial charge is 0.337 e. The zero-order valence-corrected chi connectivity index (χ0v) is 16.5. The molecule has 0 spiro atoms. The molecule has 144 valence electrons. The smallest absolute Gasteiger partial charge is 0.274 e. The summed E-state index contributed by atoms with van der Waals surface area (Å²) in [6.45, 7) is 5.89. The van der Waals surface area contributed by atoms with Crippen molar-refractivity contribution in [1.29, 1.82) is 0 Å². The van der Waals surface area contributed by atoms with Gasteiger partial charge in [-0.05, 0) is 37.2 Å². The van der Waals surface area contributed by atoms with E-state index < -0.39 is 0 Å². The molecule has 0 N–H and O–H groups in total. The predicted molar refractivity (Wildman–Crippen MR) is 107 cm³/mol. The van der Waals surface area contributed by atoms with E-state index in [1.54, 1.807) is 0 Å². The second kappa shape index (κ2) is 7.83. The van der Waals surface area contributed by atoms with Crippen molar-refractivity contribution in [3.8, 4) is 0 Å². The molecule has 5 heteroatoms. The molecule has 5 nitrogen and oxygen atoms in total. The lowest BCUT2D eigenvalue weighted by molar-refractivity contribution is 0.0757. The summed E-state index contributed by atoms with van der Waals surface area (Å²) in [7, 11) is 0. The molecular weight excluding hydrogens is 336 g/mol. The van der Waals surface area contributed by atoms with Gasteiger partial charge in [0, 0.05) is 30.5 Å². The molecule has 1 aliphatic carbocycles. The quantitative estimate of drug-likeness (QED) is 0.755. The topological polar surface area (TPSA) is 50.5 Å². The van der Waals surface area contributed by atoms with Crippen LogP contribution in [0.15, 0.2) is 24.3 Å². The van der Waals surface area contributed by atoms with Crippen LogP contribution < -0.4 is 0 Å². The van der Waals surface area contributed by atoms with Gasteiger partial charge >= 0.3 is 0 Å². The van der Waals surface area contributed by atoms with Crippen LogP contribution in [0.3, 0.4) is 0 Å². The van der Waals surface area contributed by atoms with Gasteiger partial charge in [-0.15, -0.1) is 0 Å². The van der Waals surface area contributed by atoms with Crippen molar-refractivity contribution in [1.82, 2.24) is 19.5 Å². The molecule has 0 radical (unpaired) electrons. The molecule has 1 saturated carbocycles. The molecule has 0 aromatic carbocycles. The van der Waals surface area contributed by atoms with E-state index in [1.165, 1.54) is 25.7 Å². The molecular formula is C22H30N4O. The highest BCUT2D eigenvalue weighted by atomic mass is 16.2. The minimum absolute atomic E-state index is 0.0243.